The highest BCUT2D eigenvalue weighted by atomic mass is 35.6. The van der Waals surface area contributed by atoms with Crippen molar-refractivity contribution >= 4 is 91.8 Å². The van der Waals surface area contributed by atoms with Crippen molar-refractivity contribution in [2.24, 2.45) is 0 Å². The van der Waals surface area contributed by atoms with Gasteiger partial charge in [0.25, 0.3) is 11.8 Å². The predicted molar refractivity (Wildman–Crippen MR) is 186 cm³/mol. The maximum absolute atomic E-state index is 13.2. The first-order valence-corrected chi connectivity index (χ1v) is 16.0. The maximum Gasteiger partial charge on any atom is 0.266 e. The van der Waals surface area contributed by atoms with E-state index >= 15 is 0 Å². The van der Waals surface area contributed by atoms with Gasteiger partial charge < -0.3 is 19.5 Å². The second-order valence-corrected chi connectivity index (χ2v) is 13.9. The smallest absolute Gasteiger partial charge is 0.266 e. The van der Waals surface area contributed by atoms with Gasteiger partial charge in [-0.1, -0.05) is 113 Å². The number of methoxy groups -OCH3 is 2. The van der Waals surface area contributed by atoms with E-state index in [2.05, 4.69) is 5.32 Å². The average molecular weight is 702 g/mol. The van der Waals surface area contributed by atoms with E-state index in [1.165, 1.54) is 11.8 Å². The number of carbonyl (C=O) groups excluding carboxylic acids is 2. The number of benzene rings is 4. The van der Waals surface area contributed by atoms with Crippen LogP contribution in [0, 0.1) is 0 Å². The fourth-order valence-corrected chi connectivity index (χ4v) is 6.30. The molecule has 4 aromatic carbocycles. The van der Waals surface area contributed by atoms with Gasteiger partial charge in [-0.2, -0.15) is 0 Å². The molecule has 5 rings (SSSR count). The number of amides is 2. The van der Waals surface area contributed by atoms with Crippen LogP contribution >= 0.6 is 58.8 Å². The van der Waals surface area contributed by atoms with E-state index in [-0.39, 0.29) is 5.91 Å². The van der Waals surface area contributed by atoms with Crippen molar-refractivity contribution < 1.29 is 23.8 Å². The molecule has 12 heteroatoms. The molecule has 4 aromatic rings. The van der Waals surface area contributed by atoms with Crippen molar-refractivity contribution in [2.45, 2.75) is 16.4 Å². The number of thiocarbonyl (C=S) groups is 1. The first kappa shape index (κ1) is 32.9. The molecular formula is C33H27Cl3N2O5S2. The number of nitrogens with one attached hydrogen (secondary N) is 1. The molecule has 0 saturated carbocycles. The molecule has 1 N–H and O–H groups in total. The summed E-state index contributed by atoms with van der Waals surface area (Å²) < 4.78 is 15.1. The van der Waals surface area contributed by atoms with Crippen LogP contribution < -0.4 is 19.5 Å². The van der Waals surface area contributed by atoms with Crippen LogP contribution in [0.3, 0.4) is 0 Å². The molecule has 0 bridgehead atoms. The highest BCUT2D eigenvalue weighted by Crippen LogP contribution is 2.35. The van der Waals surface area contributed by atoms with E-state index in [1.807, 2.05) is 48.5 Å². The standard InChI is InChI=1S/C33H27Cl3N2O5S2/c1-41-26-15-12-21(18-27(26)42-2)16-17-38-30(40)28(45-32(38)44)19-20-10-13-23(14-11-20)43-31(33(34,35)36)37-29(39)25-9-5-7-22-6-3-4-8-24(22)25/h3-15,18-19,31H,16-17H2,1-2H3,(H,37,39)/b28-19-. The van der Waals surface area contributed by atoms with Crippen molar-refractivity contribution in [3.63, 3.8) is 0 Å². The van der Waals surface area contributed by atoms with Crippen LogP contribution in [0.5, 0.6) is 17.2 Å². The molecule has 1 fully saturated rings. The Bertz CT molecular complexity index is 1770. The van der Waals surface area contributed by atoms with Crippen molar-refractivity contribution in [3.05, 3.63) is 107 Å². The summed E-state index contributed by atoms with van der Waals surface area (Å²) in [6.45, 7) is 0.424. The molecule has 1 saturated heterocycles. The molecule has 0 radical (unpaired) electrons. The third-order valence-corrected chi connectivity index (χ3v) is 8.94. The normalized spacial score (nSPS) is 15.0. The van der Waals surface area contributed by atoms with E-state index in [0.29, 0.717) is 45.0 Å². The second kappa shape index (κ2) is 14.3. The summed E-state index contributed by atoms with van der Waals surface area (Å²) in [6.07, 6.45) is 1.06. The summed E-state index contributed by atoms with van der Waals surface area (Å²) in [4.78, 5) is 28.5. The molecule has 1 aliphatic rings. The van der Waals surface area contributed by atoms with E-state index < -0.39 is 15.9 Å². The number of halogens is 3. The number of hydrogen-bond acceptors (Lipinski definition) is 7. The Balaban J connectivity index is 1.24. The predicted octanol–water partition coefficient (Wildman–Crippen LogP) is 7.81. The zero-order valence-electron chi connectivity index (χ0n) is 24.1. The first-order chi connectivity index (χ1) is 21.6. The van der Waals surface area contributed by atoms with Crippen LogP contribution in [0.1, 0.15) is 21.5 Å². The minimum atomic E-state index is -1.97. The Labute approximate surface area is 285 Å². The lowest BCUT2D eigenvalue weighted by Crippen LogP contribution is -2.47. The quantitative estimate of drug-likeness (QED) is 0.0783. The average Bonchev–Trinajstić information content (AvgIpc) is 3.30. The van der Waals surface area contributed by atoms with Gasteiger partial charge in [-0.15, -0.1) is 0 Å². The fourth-order valence-electron chi connectivity index (χ4n) is 4.70. The summed E-state index contributed by atoms with van der Waals surface area (Å²) in [5.41, 5.74) is 2.16. The molecule has 232 valence electrons. The molecule has 0 spiro atoms. The molecule has 2 amide bonds. The topological polar surface area (TPSA) is 77.1 Å². The van der Waals surface area contributed by atoms with Crippen LogP contribution in [0.2, 0.25) is 0 Å². The zero-order valence-corrected chi connectivity index (χ0v) is 28.0. The molecule has 7 nitrogen and oxygen atoms in total. The molecule has 1 unspecified atom stereocenters. The van der Waals surface area contributed by atoms with Crippen LogP contribution in [0.25, 0.3) is 16.8 Å². The largest absolute Gasteiger partial charge is 0.493 e. The van der Waals surface area contributed by atoms with Crippen molar-refractivity contribution in [1.82, 2.24) is 10.2 Å². The molecular weight excluding hydrogens is 675 g/mol. The van der Waals surface area contributed by atoms with E-state index in [9.17, 15) is 9.59 Å². The first-order valence-electron chi connectivity index (χ1n) is 13.7. The molecule has 1 aliphatic heterocycles. The summed E-state index contributed by atoms with van der Waals surface area (Å²) in [5, 5.41) is 4.35. The zero-order chi connectivity index (χ0) is 32.1. The van der Waals surface area contributed by atoms with Gasteiger partial charge in [0, 0.05) is 12.1 Å². The van der Waals surface area contributed by atoms with Gasteiger partial charge in [-0.25, -0.2) is 0 Å². The molecule has 1 heterocycles. The number of carbonyl (C=O) groups is 2. The summed E-state index contributed by atoms with van der Waals surface area (Å²) in [7, 11) is 3.16. The van der Waals surface area contributed by atoms with Crippen molar-refractivity contribution in [3.8, 4) is 17.2 Å². The van der Waals surface area contributed by atoms with Gasteiger partial charge in [0.15, 0.2) is 11.5 Å². The lowest BCUT2D eigenvalue weighted by atomic mass is 10.0. The number of alkyl halides is 3. The van der Waals surface area contributed by atoms with Gasteiger partial charge in [-0.05, 0) is 64.7 Å². The van der Waals surface area contributed by atoms with Gasteiger partial charge >= 0.3 is 0 Å². The highest BCUT2D eigenvalue weighted by molar-refractivity contribution is 8.26. The van der Waals surface area contributed by atoms with Gasteiger partial charge in [0.1, 0.15) is 10.1 Å². The number of rotatable bonds is 10. The SMILES string of the molecule is COc1ccc(CCN2C(=O)/C(=C/c3ccc(OC(NC(=O)c4cccc5ccccc45)C(Cl)(Cl)Cl)cc3)SC2=S)cc1OC. The number of fused-ring (bicyclic) bond motifs is 1. The van der Waals surface area contributed by atoms with E-state index in [4.69, 9.17) is 61.2 Å². The minimum absolute atomic E-state index is 0.168. The van der Waals surface area contributed by atoms with Crippen molar-refractivity contribution in [1.29, 1.82) is 0 Å². The fraction of sp³-hybridized carbons (Fsp3) is 0.182. The monoisotopic (exact) mass is 700 g/mol. The van der Waals surface area contributed by atoms with Gasteiger partial charge in [-0.3, -0.25) is 14.5 Å². The Morgan fingerprint density at radius 1 is 0.978 bits per heavy atom. The van der Waals surface area contributed by atoms with E-state index in [1.54, 1.807) is 61.6 Å². The van der Waals surface area contributed by atoms with Gasteiger partial charge in [0.05, 0.1) is 19.1 Å². The minimum Gasteiger partial charge on any atom is -0.493 e. The molecule has 45 heavy (non-hydrogen) atoms. The van der Waals surface area contributed by atoms with Crippen LogP contribution in [0.15, 0.2) is 89.8 Å². The highest BCUT2D eigenvalue weighted by Gasteiger charge is 2.37. The number of thioether (sulfide) groups is 1. The number of nitrogens with zero attached hydrogens (tertiary/aromatic N) is 1. The van der Waals surface area contributed by atoms with Crippen molar-refractivity contribution in [2.75, 3.05) is 20.8 Å². The second-order valence-electron chi connectivity index (χ2n) is 9.88. The molecule has 0 aliphatic carbocycles. The Hall–Kier alpha value is -3.47. The molecule has 1 atom stereocenters. The maximum atomic E-state index is 13.2. The number of ether oxygens (including phenoxy) is 3. The third kappa shape index (κ3) is 7.85. The summed E-state index contributed by atoms with van der Waals surface area (Å²) >= 11 is 25.3. The van der Waals surface area contributed by atoms with Gasteiger partial charge in [0.2, 0.25) is 10.0 Å². The van der Waals surface area contributed by atoms with E-state index in [0.717, 1.165) is 21.9 Å². The summed E-state index contributed by atoms with van der Waals surface area (Å²) in [5.74, 6) is 0.995. The van der Waals surface area contributed by atoms with Crippen LogP contribution in [0.4, 0.5) is 0 Å². The lowest BCUT2D eigenvalue weighted by molar-refractivity contribution is -0.122. The Kier molecular flexibility index (Phi) is 10.5. The third-order valence-electron chi connectivity index (χ3n) is 6.97. The number of hydrogen-bond donors (Lipinski definition) is 1. The molecule has 0 aromatic heterocycles. The summed E-state index contributed by atoms with van der Waals surface area (Å²) in [6, 6.07) is 25.4. The van der Waals surface area contributed by atoms with Crippen LogP contribution in [-0.4, -0.2) is 51.8 Å². The Morgan fingerprint density at radius 2 is 1.69 bits per heavy atom. The van der Waals surface area contributed by atoms with Crippen LogP contribution in [-0.2, 0) is 11.2 Å². The lowest BCUT2D eigenvalue weighted by Gasteiger charge is -2.26. The Morgan fingerprint density at radius 3 is 2.40 bits per heavy atom.